The fraction of sp³-hybridized carbons (Fsp3) is 0.731. The van der Waals surface area contributed by atoms with Crippen LogP contribution >= 0.6 is 24.0 Å². The molecular formula is C26H41N5O5S2. The average Bonchev–Trinajstić information content (AvgIpc) is 3.42. The molecule has 3 rings (SSSR count). The highest BCUT2D eigenvalue weighted by atomic mass is 32.2. The van der Waals surface area contributed by atoms with Gasteiger partial charge in [-0.25, -0.2) is 9.59 Å². The number of H-pyrrole nitrogens is 1. The van der Waals surface area contributed by atoms with Crippen molar-refractivity contribution in [1.29, 1.82) is 0 Å². The Labute approximate surface area is 233 Å². The molecule has 1 aromatic rings. The Hall–Kier alpha value is -2.34. The van der Waals surface area contributed by atoms with E-state index in [0.717, 1.165) is 63.5 Å². The summed E-state index contributed by atoms with van der Waals surface area (Å²) in [5.74, 6) is 0.356. The van der Waals surface area contributed by atoms with Crippen LogP contribution in [0.25, 0.3) is 0 Å². The van der Waals surface area contributed by atoms with Crippen molar-refractivity contribution >= 4 is 41.9 Å². The molecule has 2 aliphatic rings. The van der Waals surface area contributed by atoms with Crippen molar-refractivity contribution in [2.45, 2.75) is 101 Å². The largest absolute Gasteiger partial charge is 0.481 e. The maximum Gasteiger partial charge on any atom is 0.326 e. The molecule has 10 nitrogen and oxygen atoms in total. The Morgan fingerprint density at radius 2 is 1.71 bits per heavy atom. The van der Waals surface area contributed by atoms with Gasteiger partial charge in [-0.15, -0.1) is 0 Å². The van der Waals surface area contributed by atoms with Crippen LogP contribution in [0, 0.1) is 4.64 Å². The number of aliphatic carboxylic acids is 1. The Kier molecular flexibility index (Phi) is 12.7. The molecule has 2 saturated heterocycles. The van der Waals surface area contributed by atoms with Crippen LogP contribution in [-0.4, -0.2) is 73.6 Å². The van der Waals surface area contributed by atoms with Crippen LogP contribution in [0.15, 0.2) is 17.1 Å². The lowest BCUT2D eigenvalue weighted by Gasteiger charge is -2.23. The van der Waals surface area contributed by atoms with Gasteiger partial charge >= 0.3 is 17.7 Å². The van der Waals surface area contributed by atoms with E-state index < -0.39 is 5.97 Å². The lowest BCUT2D eigenvalue weighted by Crippen LogP contribution is -2.36. The van der Waals surface area contributed by atoms with Gasteiger partial charge in [-0.2, -0.15) is 11.8 Å². The minimum Gasteiger partial charge on any atom is -0.481 e. The van der Waals surface area contributed by atoms with Crippen molar-refractivity contribution < 1.29 is 19.5 Å². The highest BCUT2D eigenvalue weighted by molar-refractivity contribution is 8.00. The zero-order chi connectivity index (χ0) is 27.3. The summed E-state index contributed by atoms with van der Waals surface area (Å²) in [6.45, 7) is 2.00. The Morgan fingerprint density at radius 3 is 2.45 bits per heavy atom. The second-order valence-electron chi connectivity index (χ2n) is 10.2. The highest BCUT2D eigenvalue weighted by Crippen LogP contribution is 2.33. The minimum atomic E-state index is -0.764. The minimum absolute atomic E-state index is 0.0705. The second-order valence-corrected chi connectivity index (χ2v) is 11.9. The van der Waals surface area contributed by atoms with Gasteiger partial charge in [0, 0.05) is 49.7 Å². The lowest BCUT2D eigenvalue weighted by molar-refractivity contribution is -0.137. The molecule has 1 aromatic heterocycles. The number of aryl methyl sites for hydroxylation is 1. The van der Waals surface area contributed by atoms with Gasteiger partial charge in [-0.1, -0.05) is 31.5 Å². The van der Waals surface area contributed by atoms with Crippen LogP contribution in [0.3, 0.4) is 0 Å². The predicted molar refractivity (Wildman–Crippen MR) is 151 cm³/mol. The number of rotatable bonds is 18. The monoisotopic (exact) mass is 567 g/mol. The molecule has 3 heterocycles. The SMILES string of the molecule is O=C(O)CCCCCCN(CCCCCn1ccc(=S)[nH]c1=O)C(=O)CCCCC1SCC2NC(=O)NC21. The first kappa shape index (κ1) is 30.2. The second kappa shape index (κ2) is 15.9. The first-order chi connectivity index (χ1) is 18.3. The van der Waals surface area contributed by atoms with E-state index in [2.05, 4.69) is 15.6 Å². The number of carboxylic acid groups (broad SMARTS) is 1. The number of carbonyl (C=O) groups is 3. The third-order valence-electron chi connectivity index (χ3n) is 7.21. The molecule has 0 bridgehead atoms. The molecule has 3 atom stereocenters. The van der Waals surface area contributed by atoms with Crippen LogP contribution in [0.4, 0.5) is 4.79 Å². The topological polar surface area (TPSA) is 137 Å². The summed E-state index contributed by atoms with van der Waals surface area (Å²) in [4.78, 5) is 51.9. The molecule has 0 spiro atoms. The number of aromatic amines is 1. The summed E-state index contributed by atoms with van der Waals surface area (Å²) in [7, 11) is 0. The number of nitrogens with one attached hydrogen (secondary N) is 3. The van der Waals surface area contributed by atoms with E-state index in [9.17, 15) is 19.2 Å². The quantitative estimate of drug-likeness (QED) is 0.121. The Balaban J connectivity index is 1.37. The maximum absolute atomic E-state index is 13.1. The summed E-state index contributed by atoms with van der Waals surface area (Å²) in [6.07, 6.45) is 11.2. The lowest BCUT2D eigenvalue weighted by atomic mass is 10.0. The van der Waals surface area contributed by atoms with Crippen molar-refractivity contribution in [3.63, 3.8) is 0 Å². The van der Waals surface area contributed by atoms with Gasteiger partial charge in [0.25, 0.3) is 0 Å². The Morgan fingerprint density at radius 1 is 1.00 bits per heavy atom. The predicted octanol–water partition coefficient (Wildman–Crippen LogP) is 3.67. The van der Waals surface area contributed by atoms with E-state index in [4.69, 9.17) is 17.3 Å². The number of aromatic nitrogens is 2. The number of amides is 3. The van der Waals surface area contributed by atoms with Crippen molar-refractivity contribution in [1.82, 2.24) is 25.1 Å². The van der Waals surface area contributed by atoms with Crippen molar-refractivity contribution in [3.8, 4) is 0 Å². The third kappa shape index (κ3) is 10.1. The summed E-state index contributed by atoms with van der Waals surface area (Å²) >= 11 is 6.87. The summed E-state index contributed by atoms with van der Waals surface area (Å²) < 4.78 is 2.05. The fourth-order valence-electron chi connectivity index (χ4n) is 5.10. The normalized spacial score (nSPS) is 20.1. The highest BCUT2D eigenvalue weighted by Gasteiger charge is 2.42. The van der Waals surface area contributed by atoms with Crippen LogP contribution < -0.4 is 16.3 Å². The van der Waals surface area contributed by atoms with E-state index >= 15 is 0 Å². The van der Waals surface area contributed by atoms with E-state index in [1.807, 2.05) is 16.7 Å². The van der Waals surface area contributed by atoms with Gasteiger partial charge in [-0.3, -0.25) is 14.6 Å². The summed E-state index contributed by atoms with van der Waals surface area (Å²) in [6, 6.07) is 2.06. The number of thioether (sulfide) groups is 1. The average molecular weight is 568 g/mol. The van der Waals surface area contributed by atoms with E-state index in [-0.39, 0.29) is 36.1 Å². The summed E-state index contributed by atoms with van der Waals surface area (Å²) in [5.41, 5.74) is -0.199. The molecule has 2 aliphatic heterocycles. The molecule has 0 radical (unpaired) electrons. The zero-order valence-electron chi connectivity index (χ0n) is 22.0. The molecule has 2 fully saturated rings. The standard InChI is InChI=1S/C26H41N5O5S2/c32-22(11-6-5-10-20-24-19(18-38-20)27-25(35)29-24)30(14-7-2-1-4-12-23(33)34)15-8-3-9-16-31-17-13-21(37)28-26(31)36/h13,17,19-20,24H,1-12,14-16,18H2,(H,33,34)(H2,27,29,35)(H,28,36,37). The van der Waals surface area contributed by atoms with Crippen molar-refractivity contribution in [3.05, 3.63) is 27.4 Å². The number of unbranched alkanes of at least 4 members (excludes halogenated alkanes) is 6. The van der Waals surface area contributed by atoms with Gasteiger partial charge in [0.05, 0.1) is 12.1 Å². The molecule has 38 heavy (non-hydrogen) atoms. The fourth-order valence-corrected chi connectivity index (χ4v) is 6.79. The van der Waals surface area contributed by atoms with Gasteiger partial charge in [0.15, 0.2) is 0 Å². The third-order valence-corrected chi connectivity index (χ3v) is 8.96. The first-order valence-corrected chi connectivity index (χ1v) is 15.3. The van der Waals surface area contributed by atoms with Gasteiger partial charge in [-0.05, 0) is 51.0 Å². The van der Waals surface area contributed by atoms with Crippen molar-refractivity contribution in [2.24, 2.45) is 0 Å². The molecule has 12 heteroatoms. The van der Waals surface area contributed by atoms with E-state index in [1.54, 1.807) is 16.8 Å². The van der Waals surface area contributed by atoms with Gasteiger partial charge in [0.1, 0.15) is 4.64 Å². The molecule has 4 N–H and O–H groups in total. The van der Waals surface area contributed by atoms with Crippen LogP contribution in [-0.2, 0) is 16.1 Å². The number of carboxylic acids is 1. The smallest absolute Gasteiger partial charge is 0.326 e. The molecule has 212 valence electrons. The van der Waals surface area contributed by atoms with Crippen LogP contribution in [0.5, 0.6) is 0 Å². The van der Waals surface area contributed by atoms with E-state index in [1.165, 1.54) is 0 Å². The molecule has 3 unspecified atom stereocenters. The number of hydrogen-bond acceptors (Lipinski definition) is 6. The van der Waals surface area contributed by atoms with Crippen molar-refractivity contribution in [2.75, 3.05) is 18.8 Å². The zero-order valence-corrected chi connectivity index (χ0v) is 23.6. The molecule has 0 aliphatic carbocycles. The summed E-state index contributed by atoms with van der Waals surface area (Å²) in [5, 5.41) is 15.2. The number of hydrogen-bond donors (Lipinski definition) is 4. The molecule has 3 amide bonds. The Bertz CT molecular complexity index is 1050. The number of nitrogens with zero attached hydrogens (tertiary/aromatic N) is 2. The number of carbonyl (C=O) groups excluding carboxylic acids is 2. The first-order valence-electron chi connectivity index (χ1n) is 13.8. The molecule has 0 saturated carbocycles. The van der Waals surface area contributed by atoms with Gasteiger partial charge < -0.3 is 25.2 Å². The maximum atomic E-state index is 13.1. The number of fused-ring (bicyclic) bond motifs is 1. The number of urea groups is 1. The van der Waals surface area contributed by atoms with E-state index in [0.29, 0.717) is 42.4 Å². The molecular weight excluding hydrogens is 526 g/mol. The van der Waals surface area contributed by atoms with Gasteiger partial charge in [0.2, 0.25) is 5.91 Å². The van der Waals surface area contributed by atoms with Crippen LogP contribution in [0.2, 0.25) is 0 Å². The van der Waals surface area contributed by atoms with Crippen LogP contribution in [0.1, 0.15) is 77.0 Å². The molecule has 0 aromatic carbocycles.